The first kappa shape index (κ1) is 27.1. The van der Waals surface area contributed by atoms with E-state index in [0.717, 1.165) is 50.3 Å². The van der Waals surface area contributed by atoms with Gasteiger partial charge in [0.1, 0.15) is 0 Å². The fourth-order valence-corrected chi connectivity index (χ4v) is 8.75. The molecule has 45 heavy (non-hydrogen) atoms. The van der Waals surface area contributed by atoms with Gasteiger partial charge in [-0.05, 0) is 0 Å². The second-order valence-corrected chi connectivity index (χ2v) is 12.9. The number of benzene rings is 5. The van der Waals surface area contributed by atoms with Crippen molar-refractivity contribution in [2.45, 2.75) is 0 Å². The van der Waals surface area contributed by atoms with Crippen LogP contribution < -0.4 is 0 Å². The fraction of sp³-hybridized carbons (Fsp3) is 0. The van der Waals surface area contributed by atoms with Crippen LogP contribution in [0.25, 0.3) is 75.5 Å². The van der Waals surface area contributed by atoms with Gasteiger partial charge in [0.2, 0.25) is 0 Å². The summed E-state index contributed by atoms with van der Waals surface area (Å²) >= 11 is 0.0644. The summed E-state index contributed by atoms with van der Waals surface area (Å²) in [4.78, 5) is 5.11. The van der Waals surface area contributed by atoms with Gasteiger partial charge >= 0.3 is 268 Å². The Labute approximate surface area is 267 Å². The Kier molecular flexibility index (Phi) is 7.16. The Morgan fingerprint density at radius 1 is 0.444 bits per heavy atom. The van der Waals surface area contributed by atoms with Crippen molar-refractivity contribution in [3.8, 4) is 65.9 Å². The molecule has 4 nitrogen and oxygen atoms in total. The predicted octanol–water partition coefficient (Wildman–Crippen LogP) is 9.48. The summed E-state index contributed by atoms with van der Waals surface area (Å²) in [6, 6.07) is 51.2. The van der Waals surface area contributed by atoms with E-state index in [0.29, 0.717) is 0 Å². The summed E-state index contributed by atoms with van der Waals surface area (Å²) in [5.74, 6) is 0. The Morgan fingerprint density at radius 3 is 1.80 bits per heavy atom. The third kappa shape index (κ3) is 4.98. The minimum atomic E-state index is 0.0644. The molecule has 0 bridgehead atoms. The van der Waals surface area contributed by atoms with Crippen molar-refractivity contribution < 1.29 is 0 Å². The second kappa shape index (κ2) is 11.9. The molecule has 212 valence electrons. The molecule has 0 aliphatic carbocycles. The van der Waals surface area contributed by atoms with Crippen molar-refractivity contribution in [2.24, 2.45) is 0 Å². The van der Waals surface area contributed by atoms with E-state index in [1.807, 2.05) is 24.4 Å². The molecule has 3 aromatic heterocycles. The number of aromatic nitrogens is 4. The average molecular weight is 642 g/mol. The number of fused-ring (bicyclic) bond motifs is 1. The van der Waals surface area contributed by atoms with Crippen LogP contribution >= 0.6 is 0 Å². The zero-order chi connectivity index (χ0) is 30.0. The van der Waals surface area contributed by atoms with Crippen molar-refractivity contribution in [3.63, 3.8) is 0 Å². The Bertz CT molecular complexity index is 2250. The van der Waals surface area contributed by atoms with E-state index in [4.69, 9.17) is 4.98 Å². The molecule has 5 aromatic carbocycles. The summed E-state index contributed by atoms with van der Waals surface area (Å²) in [6.07, 6.45) is 3.61. The first-order valence-electron chi connectivity index (χ1n) is 14.8. The van der Waals surface area contributed by atoms with Crippen molar-refractivity contribution in [1.29, 1.82) is 0 Å². The number of hydrogen-bond donors (Lipinski definition) is 0. The standard InChI is InChI=1S/C40H26N4Se/c1-4-13-27(14-5-1)30-22-23-33(40-36(29-17-8-3-9-18-29)32-19-10-11-21-35(32)45-40)37(34-24-26-42-44-43-34)38(30)39-31(20-12-25-41-39)28-15-6-2-7-16-28/h1-26H. The normalized spacial score (nSPS) is 11.1. The van der Waals surface area contributed by atoms with Crippen LogP contribution in [-0.4, -0.2) is 34.9 Å². The van der Waals surface area contributed by atoms with E-state index in [2.05, 4.69) is 143 Å². The molecule has 0 atom stereocenters. The fourth-order valence-electron chi connectivity index (χ4n) is 6.12. The molecule has 0 aliphatic rings. The molecular weight excluding hydrogens is 615 g/mol. The molecule has 0 fully saturated rings. The van der Waals surface area contributed by atoms with Crippen molar-refractivity contribution >= 4 is 24.1 Å². The van der Waals surface area contributed by atoms with Crippen LogP contribution in [0, 0.1) is 0 Å². The van der Waals surface area contributed by atoms with E-state index in [1.54, 1.807) is 6.20 Å². The third-order valence-electron chi connectivity index (χ3n) is 8.08. The zero-order valence-electron chi connectivity index (χ0n) is 24.2. The van der Waals surface area contributed by atoms with Gasteiger partial charge in [-0.1, -0.05) is 0 Å². The molecule has 0 radical (unpaired) electrons. The monoisotopic (exact) mass is 642 g/mol. The predicted molar refractivity (Wildman–Crippen MR) is 185 cm³/mol. The van der Waals surface area contributed by atoms with Crippen molar-refractivity contribution in [2.75, 3.05) is 0 Å². The first-order chi connectivity index (χ1) is 22.4. The Balaban J connectivity index is 1.54. The summed E-state index contributed by atoms with van der Waals surface area (Å²) in [5.41, 5.74) is 11.7. The SMILES string of the molecule is c1ccc(-c2cccnc2-c2c(-c3ccccc3)ccc(-c3[se]c4ccccc4c3-c3ccccc3)c2-c2ccnnn2)cc1. The third-order valence-corrected chi connectivity index (χ3v) is 10.6. The quantitative estimate of drug-likeness (QED) is 0.170. The topological polar surface area (TPSA) is 51.6 Å². The maximum absolute atomic E-state index is 5.11. The van der Waals surface area contributed by atoms with Crippen LogP contribution in [-0.2, 0) is 0 Å². The average Bonchev–Trinajstić information content (AvgIpc) is 3.52. The van der Waals surface area contributed by atoms with Crippen LogP contribution in [0.1, 0.15) is 0 Å². The van der Waals surface area contributed by atoms with Gasteiger partial charge < -0.3 is 0 Å². The Morgan fingerprint density at radius 2 is 1.09 bits per heavy atom. The van der Waals surface area contributed by atoms with E-state index >= 15 is 0 Å². The molecule has 0 N–H and O–H groups in total. The van der Waals surface area contributed by atoms with Crippen LogP contribution in [0.15, 0.2) is 158 Å². The van der Waals surface area contributed by atoms with Gasteiger partial charge in [-0.2, -0.15) is 0 Å². The number of pyridine rings is 1. The number of nitrogens with zero attached hydrogens (tertiary/aromatic N) is 4. The van der Waals surface area contributed by atoms with Crippen molar-refractivity contribution in [3.05, 3.63) is 158 Å². The Hall–Kier alpha value is -5.48. The van der Waals surface area contributed by atoms with Gasteiger partial charge in [-0.3, -0.25) is 0 Å². The molecule has 5 heteroatoms. The molecule has 0 saturated carbocycles. The minimum absolute atomic E-state index is 0.0644. The van der Waals surface area contributed by atoms with Crippen LogP contribution in [0.5, 0.6) is 0 Å². The number of rotatable bonds is 6. The summed E-state index contributed by atoms with van der Waals surface area (Å²) < 4.78 is 2.70. The molecule has 8 rings (SSSR count). The van der Waals surface area contributed by atoms with Crippen LogP contribution in [0.2, 0.25) is 0 Å². The van der Waals surface area contributed by atoms with Gasteiger partial charge in [0.25, 0.3) is 0 Å². The van der Waals surface area contributed by atoms with Gasteiger partial charge in [0.15, 0.2) is 0 Å². The molecule has 0 unspecified atom stereocenters. The maximum atomic E-state index is 5.11. The summed E-state index contributed by atoms with van der Waals surface area (Å²) in [6.45, 7) is 0. The van der Waals surface area contributed by atoms with E-state index in [-0.39, 0.29) is 14.5 Å². The van der Waals surface area contributed by atoms with Crippen LogP contribution in [0.4, 0.5) is 0 Å². The molecule has 8 aromatic rings. The van der Waals surface area contributed by atoms with E-state index in [1.165, 1.54) is 25.2 Å². The van der Waals surface area contributed by atoms with Gasteiger partial charge in [-0.15, -0.1) is 0 Å². The zero-order valence-corrected chi connectivity index (χ0v) is 25.9. The van der Waals surface area contributed by atoms with E-state index < -0.39 is 0 Å². The molecule has 0 amide bonds. The molecule has 3 heterocycles. The molecule has 0 aliphatic heterocycles. The summed E-state index contributed by atoms with van der Waals surface area (Å²) in [7, 11) is 0. The number of hydrogen-bond acceptors (Lipinski definition) is 4. The van der Waals surface area contributed by atoms with Crippen LogP contribution in [0.3, 0.4) is 0 Å². The molecule has 0 saturated heterocycles. The summed E-state index contributed by atoms with van der Waals surface area (Å²) in [5, 5.41) is 14.1. The van der Waals surface area contributed by atoms with Crippen molar-refractivity contribution in [1.82, 2.24) is 20.4 Å². The second-order valence-electron chi connectivity index (χ2n) is 10.7. The van der Waals surface area contributed by atoms with Gasteiger partial charge in [-0.25, -0.2) is 0 Å². The molecular formula is C40H26N4Se. The van der Waals surface area contributed by atoms with Gasteiger partial charge in [0.05, 0.1) is 0 Å². The molecule has 0 spiro atoms. The van der Waals surface area contributed by atoms with E-state index in [9.17, 15) is 0 Å². The van der Waals surface area contributed by atoms with Gasteiger partial charge in [0, 0.05) is 0 Å². The first-order valence-corrected chi connectivity index (χ1v) is 16.5.